The van der Waals surface area contributed by atoms with Crippen molar-refractivity contribution in [3.8, 4) is 0 Å². The molecule has 3 N–H and O–H groups in total. The Balaban J connectivity index is 1.63. The van der Waals surface area contributed by atoms with Crippen LogP contribution in [-0.4, -0.2) is 19.1 Å². The molecule has 0 saturated heterocycles. The maximum Gasteiger partial charge on any atom is 0.193 e. The molecular formula is C19H21ClFN3O. The number of hydrogen-bond acceptors (Lipinski definition) is 2. The van der Waals surface area contributed by atoms with Crippen molar-refractivity contribution in [2.75, 3.05) is 12.4 Å². The number of rotatable bonds is 5. The van der Waals surface area contributed by atoms with Crippen LogP contribution >= 0.6 is 11.6 Å². The van der Waals surface area contributed by atoms with Crippen LogP contribution < -0.4 is 11.1 Å². The van der Waals surface area contributed by atoms with Gasteiger partial charge in [0.2, 0.25) is 0 Å². The highest BCUT2D eigenvalue weighted by atomic mass is 35.5. The minimum Gasteiger partial charge on any atom is -0.380 e. The molecule has 1 fully saturated rings. The van der Waals surface area contributed by atoms with Crippen molar-refractivity contribution in [2.45, 2.75) is 31.2 Å². The molecule has 2 aromatic rings. The van der Waals surface area contributed by atoms with E-state index in [-0.39, 0.29) is 12.0 Å². The molecule has 0 radical (unpaired) electrons. The maximum absolute atomic E-state index is 14.9. The highest BCUT2D eigenvalue weighted by molar-refractivity contribution is 6.30. The van der Waals surface area contributed by atoms with Crippen molar-refractivity contribution in [1.29, 1.82) is 0 Å². The van der Waals surface area contributed by atoms with E-state index in [9.17, 15) is 4.39 Å². The van der Waals surface area contributed by atoms with E-state index in [0.29, 0.717) is 30.0 Å². The van der Waals surface area contributed by atoms with Crippen LogP contribution in [-0.2, 0) is 17.0 Å². The summed E-state index contributed by atoms with van der Waals surface area (Å²) in [6, 6.07) is 14.5. The van der Waals surface area contributed by atoms with E-state index in [1.54, 1.807) is 31.4 Å². The number of halogens is 2. The average Bonchev–Trinajstić information content (AvgIpc) is 2.55. The number of nitrogens with zero attached hydrogens (tertiary/aromatic N) is 1. The smallest absolute Gasteiger partial charge is 0.193 e. The molecule has 0 spiro atoms. The predicted molar refractivity (Wildman–Crippen MR) is 99.7 cm³/mol. The first-order chi connectivity index (χ1) is 12.0. The number of hydrogen-bond donors (Lipinski definition) is 2. The van der Waals surface area contributed by atoms with Crippen molar-refractivity contribution in [1.82, 2.24) is 0 Å². The fourth-order valence-electron chi connectivity index (χ4n) is 3.07. The maximum atomic E-state index is 14.9. The summed E-state index contributed by atoms with van der Waals surface area (Å²) < 4.78 is 20.1. The van der Waals surface area contributed by atoms with E-state index >= 15 is 0 Å². The predicted octanol–water partition coefficient (Wildman–Crippen LogP) is 4.24. The van der Waals surface area contributed by atoms with E-state index < -0.39 is 5.67 Å². The monoisotopic (exact) mass is 361 g/mol. The van der Waals surface area contributed by atoms with Crippen molar-refractivity contribution in [2.24, 2.45) is 10.7 Å². The summed E-state index contributed by atoms with van der Waals surface area (Å²) in [5.74, 6) is 0.279. The first kappa shape index (κ1) is 17.7. The number of alkyl halides is 1. The van der Waals surface area contributed by atoms with Gasteiger partial charge >= 0.3 is 0 Å². The molecule has 1 aliphatic carbocycles. The van der Waals surface area contributed by atoms with Crippen LogP contribution in [0.3, 0.4) is 0 Å². The Labute approximate surface area is 151 Å². The highest BCUT2D eigenvalue weighted by Gasteiger charge is 2.46. The molecule has 1 aliphatic rings. The normalized spacial score (nSPS) is 23.2. The van der Waals surface area contributed by atoms with Crippen LogP contribution in [0.4, 0.5) is 10.1 Å². The van der Waals surface area contributed by atoms with Crippen LogP contribution in [0.1, 0.15) is 24.0 Å². The van der Waals surface area contributed by atoms with Crippen molar-refractivity contribution in [3.05, 3.63) is 64.7 Å². The Morgan fingerprint density at radius 2 is 2.08 bits per heavy atom. The van der Waals surface area contributed by atoms with Crippen LogP contribution in [0.25, 0.3) is 0 Å². The summed E-state index contributed by atoms with van der Waals surface area (Å²) in [6.07, 6.45) is 0.602. The fourth-order valence-corrected chi connectivity index (χ4v) is 3.26. The van der Waals surface area contributed by atoms with E-state index in [2.05, 4.69) is 10.3 Å². The molecule has 2 aromatic carbocycles. The molecule has 132 valence electrons. The van der Waals surface area contributed by atoms with Crippen LogP contribution in [0, 0.1) is 0 Å². The molecule has 0 atom stereocenters. The van der Waals surface area contributed by atoms with Gasteiger partial charge in [-0.1, -0.05) is 41.9 Å². The number of ether oxygens (including phenoxy) is 1. The third kappa shape index (κ3) is 4.11. The van der Waals surface area contributed by atoms with Crippen LogP contribution in [0.2, 0.25) is 5.02 Å². The lowest BCUT2D eigenvalue weighted by Gasteiger charge is -2.39. The lowest BCUT2D eigenvalue weighted by atomic mass is 9.73. The second-order valence-corrected chi connectivity index (χ2v) is 6.70. The molecule has 0 heterocycles. The third-order valence-corrected chi connectivity index (χ3v) is 4.60. The summed E-state index contributed by atoms with van der Waals surface area (Å²) >= 11 is 5.95. The van der Waals surface area contributed by atoms with E-state index in [1.807, 2.05) is 24.3 Å². The summed E-state index contributed by atoms with van der Waals surface area (Å²) in [5, 5.41) is 3.61. The topological polar surface area (TPSA) is 59.6 Å². The lowest BCUT2D eigenvalue weighted by Crippen LogP contribution is -2.41. The van der Waals surface area contributed by atoms with Gasteiger partial charge in [-0.2, -0.15) is 0 Å². The molecule has 25 heavy (non-hydrogen) atoms. The molecule has 3 rings (SSSR count). The second kappa shape index (κ2) is 7.42. The summed E-state index contributed by atoms with van der Waals surface area (Å²) in [5.41, 5.74) is 7.03. The molecule has 6 heteroatoms. The molecule has 0 bridgehead atoms. The Morgan fingerprint density at radius 1 is 1.32 bits per heavy atom. The molecule has 0 aromatic heterocycles. The number of anilines is 1. The van der Waals surface area contributed by atoms with Gasteiger partial charge in [0.05, 0.1) is 12.6 Å². The number of methoxy groups -OCH3 is 1. The number of nitrogens with two attached hydrogens (primary N) is 1. The van der Waals surface area contributed by atoms with Crippen molar-refractivity contribution in [3.63, 3.8) is 0 Å². The SMILES string of the molecule is COCc1ccccc1NC(N)=NC1CC(F)(c2cccc(Cl)c2)C1. The minimum atomic E-state index is -1.38. The summed E-state index contributed by atoms with van der Waals surface area (Å²) in [4.78, 5) is 4.39. The molecule has 1 saturated carbocycles. The van der Waals surface area contributed by atoms with E-state index in [0.717, 1.165) is 11.3 Å². The van der Waals surface area contributed by atoms with E-state index in [4.69, 9.17) is 22.1 Å². The molecule has 0 amide bonds. The number of para-hydroxylation sites is 1. The molecule has 0 unspecified atom stereocenters. The van der Waals surface area contributed by atoms with Gasteiger partial charge in [0.1, 0.15) is 5.67 Å². The number of nitrogens with one attached hydrogen (secondary N) is 1. The van der Waals surface area contributed by atoms with Gasteiger partial charge < -0.3 is 15.8 Å². The van der Waals surface area contributed by atoms with E-state index in [1.165, 1.54) is 0 Å². The fraction of sp³-hybridized carbons (Fsp3) is 0.316. The number of benzene rings is 2. The number of guanidine groups is 1. The average molecular weight is 362 g/mol. The quantitative estimate of drug-likeness (QED) is 0.618. The van der Waals surface area contributed by atoms with Crippen LogP contribution in [0.15, 0.2) is 53.5 Å². The number of aliphatic imine (C=N–C) groups is 1. The van der Waals surface area contributed by atoms with Crippen molar-refractivity contribution < 1.29 is 9.13 Å². The van der Waals surface area contributed by atoms with Crippen LogP contribution in [0.5, 0.6) is 0 Å². The lowest BCUT2D eigenvalue weighted by molar-refractivity contribution is 0.0415. The molecule has 4 nitrogen and oxygen atoms in total. The van der Waals surface area contributed by atoms with Crippen molar-refractivity contribution >= 4 is 23.2 Å². The second-order valence-electron chi connectivity index (χ2n) is 6.27. The Kier molecular flexibility index (Phi) is 5.25. The van der Waals surface area contributed by atoms with Gasteiger partial charge in [0.15, 0.2) is 5.96 Å². The zero-order valence-corrected chi connectivity index (χ0v) is 14.8. The van der Waals surface area contributed by atoms with Gasteiger partial charge in [-0.15, -0.1) is 0 Å². The van der Waals surface area contributed by atoms with Gasteiger partial charge in [-0.3, -0.25) is 0 Å². The Bertz CT molecular complexity index is 775. The Hall–Kier alpha value is -2.11. The molecule has 0 aliphatic heterocycles. The largest absolute Gasteiger partial charge is 0.380 e. The highest BCUT2D eigenvalue weighted by Crippen LogP contribution is 2.47. The van der Waals surface area contributed by atoms with Gasteiger partial charge in [-0.05, 0) is 23.8 Å². The first-order valence-corrected chi connectivity index (χ1v) is 8.50. The standard InChI is InChI=1S/C19H21ClFN3O/c1-25-12-13-5-2-3-8-17(13)24-18(22)23-16-10-19(21,11-16)14-6-4-7-15(20)9-14/h2-9,16H,10-12H2,1H3,(H3,22,23,24). The minimum absolute atomic E-state index is 0.147. The first-order valence-electron chi connectivity index (χ1n) is 8.12. The van der Waals surface area contributed by atoms with Gasteiger partial charge in [0.25, 0.3) is 0 Å². The Morgan fingerprint density at radius 3 is 2.80 bits per heavy atom. The zero-order chi connectivity index (χ0) is 17.9. The molecular weight excluding hydrogens is 341 g/mol. The zero-order valence-electron chi connectivity index (χ0n) is 14.0. The van der Waals surface area contributed by atoms with Gasteiger partial charge in [0, 0.05) is 36.2 Å². The summed E-state index contributed by atoms with van der Waals surface area (Å²) in [6.45, 7) is 0.474. The summed E-state index contributed by atoms with van der Waals surface area (Å²) in [7, 11) is 1.64. The third-order valence-electron chi connectivity index (χ3n) is 4.36. The van der Waals surface area contributed by atoms with Gasteiger partial charge in [-0.25, -0.2) is 9.38 Å².